The van der Waals surface area contributed by atoms with Crippen LogP contribution in [0.3, 0.4) is 0 Å². The van der Waals surface area contributed by atoms with E-state index in [2.05, 4.69) is 72.4 Å². The number of aryl methyl sites for hydroxylation is 2. The monoisotopic (exact) mass is 1670 g/mol. The van der Waals surface area contributed by atoms with Gasteiger partial charge in [-0.1, -0.05) is 72.8 Å². The average Bonchev–Trinajstić information content (AvgIpc) is 1.64. The minimum absolute atomic E-state index is 0.0177. The highest BCUT2D eigenvalue weighted by molar-refractivity contribution is 5.93. The van der Waals surface area contributed by atoms with Gasteiger partial charge in [-0.2, -0.15) is 15.3 Å². The van der Waals surface area contributed by atoms with Crippen LogP contribution in [0.1, 0.15) is 102 Å². The van der Waals surface area contributed by atoms with E-state index in [1.807, 2.05) is 139 Å². The maximum absolute atomic E-state index is 14.2. The molecule has 6 aromatic carbocycles. The fraction of sp³-hybridized carbons (Fsp3) is 0.315. The molecule has 8 N–H and O–H groups in total. The van der Waals surface area contributed by atoms with Gasteiger partial charge in [0.2, 0.25) is 5.88 Å². The van der Waals surface area contributed by atoms with Crippen molar-refractivity contribution in [2.45, 2.75) is 128 Å². The molecule has 636 valence electrons. The zero-order valence-corrected chi connectivity index (χ0v) is 69.0. The quantitative estimate of drug-likeness (QED) is 0.0247. The van der Waals surface area contributed by atoms with Crippen LogP contribution in [0.25, 0.3) is 50.8 Å². The van der Waals surface area contributed by atoms with Gasteiger partial charge < -0.3 is 45.5 Å². The summed E-state index contributed by atoms with van der Waals surface area (Å²) in [6.07, 6.45) is 12.4. The van der Waals surface area contributed by atoms with E-state index in [4.69, 9.17) is 34.2 Å². The van der Waals surface area contributed by atoms with E-state index in [1.54, 1.807) is 85.6 Å². The third kappa shape index (κ3) is 20.6. The Bertz CT molecular complexity index is 5560. The molecular weight excluding hydrogens is 1580 g/mol. The summed E-state index contributed by atoms with van der Waals surface area (Å²) in [4.78, 5) is 64.0. The second-order valence-corrected chi connectivity index (χ2v) is 30.0. The molecule has 0 bridgehead atoms. The lowest BCUT2D eigenvalue weighted by molar-refractivity contribution is 0.150. The first-order chi connectivity index (χ1) is 59.0. The van der Waals surface area contributed by atoms with Gasteiger partial charge in [0.1, 0.15) is 40.5 Å². The second kappa shape index (κ2) is 40.1. The summed E-state index contributed by atoms with van der Waals surface area (Å²) in [5.74, 6) is -2.28. The number of para-hydroxylation sites is 3. The van der Waals surface area contributed by atoms with Crippen molar-refractivity contribution in [3.8, 4) is 56.7 Å². The van der Waals surface area contributed by atoms with E-state index in [-0.39, 0.29) is 42.3 Å². The number of rotatable bonds is 25. The number of likely N-dealkylation sites (tertiary alicyclic amines) is 1. The maximum atomic E-state index is 14.2. The van der Waals surface area contributed by atoms with E-state index in [0.717, 1.165) is 75.1 Å². The summed E-state index contributed by atoms with van der Waals surface area (Å²) in [5, 5.41) is 39.4. The summed E-state index contributed by atoms with van der Waals surface area (Å²) >= 11 is 0. The molecule has 122 heavy (non-hydrogen) atoms. The molecular formula is C89H96F6N20O7. The van der Waals surface area contributed by atoms with E-state index >= 15 is 0 Å². The highest BCUT2D eigenvalue weighted by Gasteiger charge is 2.42. The van der Waals surface area contributed by atoms with Crippen molar-refractivity contribution in [3.05, 3.63) is 269 Å². The Morgan fingerprint density at radius 2 is 0.762 bits per heavy atom. The number of amides is 6. The van der Waals surface area contributed by atoms with Crippen LogP contribution in [-0.4, -0.2) is 169 Å². The lowest BCUT2D eigenvalue weighted by atomic mass is 9.99. The first-order valence-corrected chi connectivity index (χ1v) is 39.8. The summed E-state index contributed by atoms with van der Waals surface area (Å²) in [6, 6.07) is 40.0. The number of pyridine rings is 1. The average molecular weight is 1670 g/mol. The van der Waals surface area contributed by atoms with E-state index in [9.17, 15) is 40.7 Å². The molecule has 3 fully saturated rings. The summed E-state index contributed by atoms with van der Waals surface area (Å²) in [5.41, 5.74) is 10.4. The van der Waals surface area contributed by atoms with Crippen molar-refractivity contribution in [2.24, 2.45) is 0 Å². The molecule has 27 nitrogen and oxygen atoms in total. The highest BCUT2D eigenvalue weighted by atomic mass is 19.2. The Morgan fingerprint density at radius 1 is 0.410 bits per heavy atom. The zero-order valence-electron chi connectivity index (χ0n) is 69.0. The topological polar surface area (TPSA) is 306 Å². The molecule has 0 radical (unpaired) electrons. The van der Waals surface area contributed by atoms with Gasteiger partial charge in [-0.25, -0.2) is 79.7 Å². The van der Waals surface area contributed by atoms with E-state index < -0.39 is 65.1 Å². The van der Waals surface area contributed by atoms with Crippen molar-refractivity contribution in [1.29, 1.82) is 0 Å². The van der Waals surface area contributed by atoms with Crippen molar-refractivity contribution in [2.75, 3.05) is 71.3 Å². The summed E-state index contributed by atoms with van der Waals surface area (Å²) in [6.45, 7) is 10.8. The van der Waals surface area contributed by atoms with Crippen LogP contribution in [0.15, 0.2) is 189 Å². The smallest absolute Gasteiger partial charge is 0.320 e. The third-order valence-corrected chi connectivity index (χ3v) is 21.9. The first kappa shape index (κ1) is 87.0. The number of hydrogen-bond acceptors (Lipinski definition) is 18. The van der Waals surface area contributed by atoms with E-state index in [1.165, 1.54) is 30.3 Å². The van der Waals surface area contributed by atoms with Crippen molar-refractivity contribution in [1.82, 2.24) is 85.7 Å². The fourth-order valence-electron chi connectivity index (χ4n) is 15.6. The fourth-order valence-corrected chi connectivity index (χ4v) is 15.6. The van der Waals surface area contributed by atoms with Crippen LogP contribution in [0, 0.1) is 69.5 Å². The third-order valence-electron chi connectivity index (χ3n) is 21.9. The lowest BCUT2D eigenvalue weighted by Crippen LogP contribution is -2.41. The van der Waals surface area contributed by atoms with Gasteiger partial charge in [0, 0.05) is 130 Å². The molecule has 3 aliphatic rings. The van der Waals surface area contributed by atoms with Crippen molar-refractivity contribution in [3.63, 3.8) is 0 Å². The Hall–Kier alpha value is -12.8. The molecule has 0 unspecified atom stereocenters. The number of nitrogens with one attached hydrogen (secondary N) is 8. The molecule has 9 heterocycles. The minimum Gasteiger partial charge on any atom is -0.481 e. The largest absolute Gasteiger partial charge is 0.481 e. The molecule has 0 aliphatic carbocycles. The molecule has 9 atom stereocenters. The number of methoxy groups -OCH3 is 4. The van der Waals surface area contributed by atoms with Gasteiger partial charge in [-0.3, -0.25) is 20.9 Å². The van der Waals surface area contributed by atoms with E-state index in [0.29, 0.717) is 121 Å². The highest BCUT2D eigenvalue weighted by Crippen LogP contribution is 2.40. The number of likely N-dealkylation sites (N-methyl/N-ethyl adjacent to an activating group) is 1. The van der Waals surface area contributed by atoms with Gasteiger partial charge in [-0.05, 0) is 176 Å². The molecule has 12 aromatic rings. The second-order valence-electron chi connectivity index (χ2n) is 30.0. The van der Waals surface area contributed by atoms with Crippen LogP contribution in [0.5, 0.6) is 5.88 Å². The SMILES string of the molecule is COCC[C@@H]1C[C@@H](NC(=O)Nc2c(C)c(-c3ccc(OC)nc3)nn2-c2ccccc2)[C@H](c2ccc(F)c(F)c2)N1.COCC[C@@H]1C[C@@H](NC(=O)Nc2c(C)c(-c3cnc(C)nc3)nn2-c2ccccc2)[C@H](c2ccc(F)c(F)c2)N1.COCC[C@@H]1C[C@@H](NC(=O)Nc2c(C)c(-c3cnc(C)nc3)nn2-c2ccccc2)[C@H](c2ccc(F)c(F)c2)N1C. The molecule has 0 saturated carbocycles. The number of ether oxygens (including phenoxy) is 4. The minimum atomic E-state index is -0.934. The van der Waals surface area contributed by atoms with Crippen molar-refractivity contribution < 1.29 is 59.7 Å². The van der Waals surface area contributed by atoms with Crippen LogP contribution in [0.2, 0.25) is 0 Å². The van der Waals surface area contributed by atoms with Gasteiger partial charge in [0.05, 0.1) is 66.1 Å². The Labute approximate surface area is 701 Å². The number of nitrogens with zero attached hydrogens (tertiary/aromatic N) is 12. The Balaban J connectivity index is 0.000000158. The number of aromatic nitrogens is 11. The predicted molar refractivity (Wildman–Crippen MR) is 450 cm³/mol. The first-order valence-electron chi connectivity index (χ1n) is 39.8. The van der Waals surface area contributed by atoms with Crippen molar-refractivity contribution >= 4 is 35.5 Å². The lowest BCUT2D eigenvalue weighted by Gasteiger charge is -2.28. The molecule has 33 heteroatoms. The Kier molecular flexibility index (Phi) is 28.6. The number of carbonyl (C=O) groups excluding carboxylic acids is 3. The molecule has 6 aromatic heterocycles. The Morgan fingerprint density at radius 3 is 1.12 bits per heavy atom. The van der Waals surface area contributed by atoms with Gasteiger partial charge in [0.25, 0.3) is 0 Å². The number of urea groups is 3. The summed E-state index contributed by atoms with van der Waals surface area (Å²) in [7, 11) is 8.37. The molecule has 0 spiro atoms. The predicted octanol–water partition coefficient (Wildman–Crippen LogP) is 15.2. The number of benzene rings is 6. The molecule has 3 saturated heterocycles. The van der Waals surface area contributed by atoms with Gasteiger partial charge in [0.15, 0.2) is 34.9 Å². The zero-order chi connectivity index (χ0) is 86.3. The van der Waals surface area contributed by atoms with Crippen LogP contribution >= 0.6 is 0 Å². The number of anilines is 3. The van der Waals surface area contributed by atoms with Gasteiger partial charge >= 0.3 is 18.1 Å². The number of carbonyl (C=O) groups is 3. The molecule has 6 amide bonds. The number of halogens is 6. The van der Waals surface area contributed by atoms with Crippen LogP contribution < -0.4 is 47.3 Å². The maximum Gasteiger partial charge on any atom is 0.320 e. The molecule has 15 rings (SSSR count). The standard InChI is InChI=1S/C30H33F2N7O2.C30H32F2N6O3.C29H31F2N7O2/c1-18-27(21-16-33-19(2)34-17-21)37-39(22-8-6-5-7-9-22)29(18)36-30(40)35-26-15-23(12-13-41-4)38(3)28(26)20-10-11-24(31)25(32)14-20;1-18-27(20-10-12-26(41-3)33-17-20)37-38(22-7-5-4-6-8-22)29(18)36-30(39)35-25-16-21(13-14-40-2)34-28(25)19-9-11-23(31)24(32)15-19;1-17-26(20-15-32-18(2)33-16-20)37-38(22-7-5-4-6-8-22)28(17)36-29(39)35-25-14-21(11-12-40-3)34-27(25)19-9-10-23(30)24(31)13-19/h5-11,14,16-17,23,26,28H,12-13,15H2,1-4H3,(H2,35,36,40);4-12,15,17,21,25,28,34H,13-14,16H2,1-3H3,(H2,35,36,39);4-10,13,15-16,21,25,27,34H,11-12,14H2,1-3H3,(H2,35,36,39)/t23-,26-,28+;21-,25-,28+;21-,25-,27+/m111/s1. The van der Waals surface area contributed by atoms with Crippen LogP contribution in [0.4, 0.5) is 58.2 Å². The molecule has 3 aliphatic heterocycles. The number of hydrogen-bond donors (Lipinski definition) is 8. The van der Waals surface area contributed by atoms with Gasteiger partial charge in [-0.15, -0.1) is 0 Å². The summed E-state index contributed by atoms with van der Waals surface area (Å²) < 4.78 is 109. The van der Waals surface area contributed by atoms with Crippen LogP contribution in [-0.2, 0) is 14.2 Å². The normalized spacial score (nSPS) is 18.6.